The van der Waals surface area contributed by atoms with Crippen molar-refractivity contribution in [1.29, 1.82) is 0 Å². The number of amides is 1. The van der Waals surface area contributed by atoms with Crippen molar-refractivity contribution < 1.29 is 30.8 Å². The summed E-state index contributed by atoms with van der Waals surface area (Å²) < 4.78 is 78.3. The molecule has 28 heavy (non-hydrogen) atoms. The molecule has 0 radical (unpaired) electrons. The highest BCUT2D eigenvalue weighted by Crippen LogP contribution is 2.28. The minimum atomic E-state index is -4.69. The van der Waals surface area contributed by atoms with Crippen LogP contribution in [0.3, 0.4) is 0 Å². The molecule has 0 saturated carbocycles. The van der Waals surface area contributed by atoms with Crippen molar-refractivity contribution in [1.82, 2.24) is 9.29 Å². The Bertz CT molecular complexity index is 974. The van der Waals surface area contributed by atoms with Gasteiger partial charge in [0.15, 0.2) is 0 Å². The number of nitrogens with one attached hydrogen (secondary N) is 1. The fourth-order valence-electron chi connectivity index (χ4n) is 2.40. The van der Waals surface area contributed by atoms with E-state index in [9.17, 15) is 30.8 Å². The third-order valence-corrected chi connectivity index (χ3v) is 5.86. The Morgan fingerprint density at radius 2 is 1.79 bits per heavy atom. The summed E-state index contributed by atoms with van der Waals surface area (Å²) in [6, 6.07) is 5.62. The van der Waals surface area contributed by atoms with Gasteiger partial charge in [-0.3, -0.25) is 4.79 Å². The van der Waals surface area contributed by atoms with E-state index in [0.717, 1.165) is 40.7 Å². The van der Waals surface area contributed by atoms with Crippen LogP contribution in [0.1, 0.15) is 29.9 Å². The molecule has 1 aromatic heterocycles. The predicted octanol–water partition coefficient (Wildman–Crippen LogP) is 3.52. The third-order valence-electron chi connectivity index (χ3n) is 3.80. The van der Waals surface area contributed by atoms with Crippen LogP contribution in [0.2, 0.25) is 0 Å². The summed E-state index contributed by atoms with van der Waals surface area (Å²) in [5.74, 6) is -2.35. The zero-order valence-electron chi connectivity index (χ0n) is 14.9. The molecule has 2 rings (SSSR count). The first-order valence-electron chi connectivity index (χ1n) is 8.16. The van der Waals surface area contributed by atoms with Gasteiger partial charge in [0, 0.05) is 18.7 Å². The molecule has 0 bridgehead atoms. The molecule has 152 valence electrons. The van der Waals surface area contributed by atoms with Gasteiger partial charge in [-0.25, -0.2) is 17.8 Å². The van der Waals surface area contributed by atoms with E-state index in [0.29, 0.717) is 0 Å². The summed E-state index contributed by atoms with van der Waals surface area (Å²) >= 11 is 0. The number of hydrogen-bond acceptors (Lipinski definition) is 4. The van der Waals surface area contributed by atoms with Gasteiger partial charge in [-0.05, 0) is 30.3 Å². The van der Waals surface area contributed by atoms with Crippen LogP contribution in [0.4, 0.5) is 23.4 Å². The van der Waals surface area contributed by atoms with Gasteiger partial charge in [-0.15, -0.1) is 0 Å². The lowest BCUT2D eigenvalue weighted by Gasteiger charge is -2.19. The number of sulfonamides is 1. The van der Waals surface area contributed by atoms with Crippen LogP contribution in [-0.2, 0) is 16.2 Å². The number of halogens is 4. The maximum Gasteiger partial charge on any atom is 0.433 e. The molecule has 0 aliphatic heterocycles. The molecule has 0 aliphatic carbocycles. The predicted molar refractivity (Wildman–Crippen MR) is 93.7 cm³/mol. The van der Waals surface area contributed by atoms with Crippen LogP contribution in [-0.4, -0.2) is 36.7 Å². The number of anilines is 1. The zero-order valence-corrected chi connectivity index (χ0v) is 15.7. The summed E-state index contributed by atoms with van der Waals surface area (Å²) in [6.45, 7) is 3.36. The molecule has 0 saturated heterocycles. The summed E-state index contributed by atoms with van der Waals surface area (Å²) in [7, 11) is -4.17. The van der Waals surface area contributed by atoms with Gasteiger partial charge in [0.1, 0.15) is 22.2 Å². The first-order valence-corrected chi connectivity index (χ1v) is 9.60. The van der Waals surface area contributed by atoms with Crippen molar-refractivity contribution >= 4 is 21.7 Å². The molecule has 0 spiro atoms. The Morgan fingerprint density at radius 1 is 1.14 bits per heavy atom. The lowest BCUT2D eigenvalue weighted by molar-refractivity contribution is -0.141. The van der Waals surface area contributed by atoms with E-state index in [4.69, 9.17) is 0 Å². The highest BCUT2D eigenvalue weighted by atomic mass is 32.2. The van der Waals surface area contributed by atoms with Gasteiger partial charge < -0.3 is 5.32 Å². The third kappa shape index (κ3) is 4.65. The number of carbonyl (C=O) groups excluding carboxylic acids is 1. The molecular formula is C17H17F4N3O3S. The quantitative estimate of drug-likeness (QED) is 0.727. The number of alkyl halides is 3. The Balaban J connectivity index is 2.36. The first kappa shape index (κ1) is 21.8. The normalized spacial score (nSPS) is 12.2. The molecule has 0 unspecified atom stereocenters. The number of pyridine rings is 1. The smallest absolute Gasteiger partial charge is 0.307 e. The van der Waals surface area contributed by atoms with Crippen molar-refractivity contribution in [3.05, 3.63) is 53.5 Å². The van der Waals surface area contributed by atoms with Crippen molar-refractivity contribution in [3.8, 4) is 0 Å². The van der Waals surface area contributed by atoms with Gasteiger partial charge in [0.05, 0.1) is 0 Å². The second-order valence-corrected chi connectivity index (χ2v) is 7.50. The molecule has 2 aromatic rings. The average Bonchev–Trinajstić information content (AvgIpc) is 2.62. The Kier molecular flexibility index (Phi) is 6.40. The van der Waals surface area contributed by atoms with E-state index in [1.165, 1.54) is 0 Å². The van der Waals surface area contributed by atoms with Crippen LogP contribution in [0.25, 0.3) is 0 Å². The Hall–Kier alpha value is -2.53. The van der Waals surface area contributed by atoms with Gasteiger partial charge in [0.2, 0.25) is 10.0 Å². The van der Waals surface area contributed by atoms with Crippen LogP contribution in [0.5, 0.6) is 0 Å². The van der Waals surface area contributed by atoms with Crippen LogP contribution >= 0.6 is 0 Å². The summed E-state index contributed by atoms with van der Waals surface area (Å²) in [5.41, 5.74) is -1.44. The van der Waals surface area contributed by atoms with E-state index in [-0.39, 0.29) is 24.5 Å². The fraction of sp³-hybridized carbons (Fsp3) is 0.294. The van der Waals surface area contributed by atoms with Crippen LogP contribution < -0.4 is 5.32 Å². The van der Waals surface area contributed by atoms with Gasteiger partial charge in [-0.1, -0.05) is 19.9 Å². The number of hydrogen-bond donors (Lipinski definition) is 1. The second kappa shape index (κ2) is 8.23. The van der Waals surface area contributed by atoms with E-state index < -0.39 is 38.5 Å². The van der Waals surface area contributed by atoms with Crippen molar-refractivity contribution in [2.75, 3.05) is 18.4 Å². The summed E-state index contributed by atoms with van der Waals surface area (Å²) in [5, 5.41) is 2.15. The van der Waals surface area contributed by atoms with Crippen molar-refractivity contribution in [2.24, 2.45) is 0 Å². The fourth-order valence-corrected chi connectivity index (χ4v) is 3.94. The van der Waals surface area contributed by atoms with Crippen LogP contribution in [0, 0.1) is 5.82 Å². The Morgan fingerprint density at radius 3 is 2.36 bits per heavy atom. The van der Waals surface area contributed by atoms with E-state index >= 15 is 0 Å². The average molecular weight is 419 g/mol. The molecule has 0 aliphatic rings. The van der Waals surface area contributed by atoms with Crippen LogP contribution in [0.15, 0.2) is 41.3 Å². The van der Waals surface area contributed by atoms with Gasteiger partial charge >= 0.3 is 6.18 Å². The SMILES string of the molecule is CCN(CC)S(=O)(=O)c1cc(C(=O)Nc2cccc(C(F)(F)F)n2)ccc1F. The first-order chi connectivity index (χ1) is 13.0. The molecule has 0 atom stereocenters. The maximum atomic E-state index is 14.1. The molecule has 6 nitrogen and oxygen atoms in total. The topological polar surface area (TPSA) is 79.4 Å². The zero-order chi connectivity index (χ0) is 21.1. The van der Waals surface area contributed by atoms with E-state index in [1.807, 2.05) is 0 Å². The molecule has 1 amide bonds. The standard InChI is InChI=1S/C17H17F4N3O3S/c1-3-24(4-2)28(26,27)13-10-11(8-9-12(13)18)16(25)23-15-7-5-6-14(22-15)17(19,20)21/h5-10H,3-4H2,1-2H3,(H,22,23,25). The summed E-state index contributed by atoms with van der Waals surface area (Å²) in [4.78, 5) is 14.9. The molecule has 1 aromatic carbocycles. The monoisotopic (exact) mass is 419 g/mol. The number of rotatable bonds is 6. The number of aromatic nitrogens is 1. The molecule has 1 N–H and O–H groups in total. The minimum Gasteiger partial charge on any atom is -0.307 e. The van der Waals surface area contributed by atoms with E-state index in [1.54, 1.807) is 13.8 Å². The van der Waals surface area contributed by atoms with E-state index in [2.05, 4.69) is 10.3 Å². The lowest BCUT2D eigenvalue weighted by Crippen LogP contribution is -2.31. The number of benzene rings is 1. The maximum absolute atomic E-state index is 14.1. The molecule has 1 heterocycles. The highest BCUT2D eigenvalue weighted by Gasteiger charge is 2.32. The minimum absolute atomic E-state index is 0.100. The highest BCUT2D eigenvalue weighted by molar-refractivity contribution is 7.89. The largest absolute Gasteiger partial charge is 0.433 e. The summed E-state index contributed by atoms with van der Waals surface area (Å²) in [6.07, 6.45) is -4.69. The van der Waals surface area contributed by atoms with Gasteiger partial charge in [-0.2, -0.15) is 17.5 Å². The lowest BCUT2D eigenvalue weighted by atomic mass is 10.2. The second-order valence-electron chi connectivity index (χ2n) is 5.59. The molecular weight excluding hydrogens is 402 g/mol. The Labute approximate surface area is 159 Å². The van der Waals surface area contributed by atoms with Crippen molar-refractivity contribution in [3.63, 3.8) is 0 Å². The van der Waals surface area contributed by atoms with Gasteiger partial charge in [0.25, 0.3) is 5.91 Å². The molecule has 0 fully saturated rings. The molecule has 11 heteroatoms. The number of carbonyl (C=O) groups is 1. The number of nitrogens with zero attached hydrogens (tertiary/aromatic N) is 2. The van der Waals surface area contributed by atoms with Crippen molar-refractivity contribution in [2.45, 2.75) is 24.9 Å².